The van der Waals surface area contributed by atoms with Gasteiger partial charge in [0.15, 0.2) is 16.7 Å². The molecule has 7 nitrogen and oxygen atoms in total. The number of thiophene rings is 1. The largest absolute Gasteiger partial charge is 0.486 e. The van der Waals surface area contributed by atoms with Crippen LogP contribution < -0.4 is 14.8 Å². The second kappa shape index (κ2) is 9.32. The number of nitrogens with one attached hydrogen (secondary N) is 1. The number of aromatic nitrogens is 3. The van der Waals surface area contributed by atoms with Crippen LogP contribution in [0.4, 0.5) is 0 Å². The molecule has 29 heavy (non-hydrogen) atoms. The summed E-state index contributed by atoms with van der Waals surface area (Å²) < 4.78 is 13.2. The van der Waals surface area contributed by atoms with E-state index in [-0.39, 0.29) is 17.7 Å². The maximum absolute atomic E-state index is 12.4. The molecule has 0 bridgehead atoms. The molecule has 1 aromatic carbocycles. The van der Waals surface area contributed by atoms with E-state index in [9.17, 15) is 4.79 Å². The number of nitrogens with zero attached hydrogens (tertiary/aromatic N) is 3. The fraction of sp³-hybridized carbons (Fsp3) is 0.350. The molecule has 0 radical (unpaired) electrons. The van der Waals surface area contributed by atoms with E-state index >= 15 is 0 Å². The van der Waals surface area contributed by atoms with E-state index in [0.717, 1.165) is 35.2 Å². The van der Waals surface area contributed by atoms with Gasteiger partial charge in [-0.3, -0.25) is 4.79 Å². The van der Waals surface area contributed by atoms with Crippen LogP contribution in [0, 0.1) is 0 Å². The molecule has 9 heteroatoms. The smallest absolute Gasteiger partial charge is 0.230 e. The first-order valence-corrected chi connectivity index (χ1v) is 11.3. The van der Waals surface area contributed by atoms with Crippen LogP contribution in [0.3, 0.4) is 0 Å². The van der Waals surface area contributed by atoms with Crippen molar-refractivity contribution in [3.63, 3.8) is 0 Å². The second-order valence-corrected chi connectivity index (χ2v) is 8.59. The standard InChI is InChI=1S/C20H22N4O3S2/c1-14(15-4-5-17-18(11-15)27-9-8-26-17)22-19(25)12-29-20-23-21-13-24(20)7-6-16-3-2-10-28-16/h2-5,10-11,13-14H,6-9,12H2,1H3,(H,22,25). The first-order chi connectivity index (χ1) is 14.2. The van der Waals surface area contributed by atoms with Crippen molar-refractivity contribution >= 4 is 29.0 Å². The summed E-state index contributed by atoms with van der Waals surface area (Å²) in [5.74, 6) is 1.70. The van der Waals surface area contributed by atoms with Crippen molar-refractivity contribution in [1.82, 2.24) is 20.1 Å². The predicted molar refractivity (Wildman–Crippen MR) is 113 cm³/mol. The molecular formula is C20H22N4O3S2. The molecule has 0 spiro atoms. The van der Waals surface area contributed by atoms with Crippen LogP contribution in [0.15, 0.2) is 47.2 Å². The zero-order valence-electron chi connectivity index (χ0n) is 16.0. The van der Waals surface area contributed by atoms with Crippen molar-refractivity contribution in [2.75, 3.05) is 19.0 Å². The average molecular weight is 431 g/mol. The molecule has 1 N–H and O–H groups in total. The summed E-state index contributed by atoms with van der Waals surface area (Å²) in [6.45, 7) is 3.86. The molecule has 0 aliphatic carbocycles. The molecule has 1 amide bonds. The Hall–Kier alpha value is -2.52. The van der Waals surface area contributed by atoms with Crippen LogP contribution in [-0.2, 0) is 17.8 Å². The molecule has 4 rings (SSSR count). The van der Waals surface area contributed by atoms with E-state index in [4.69, 9.17) is 9.47 Å². The zero-order valence-corrected chi connectivity index (χ0v) is 17.7. The van der Waals surface area contributed by atoms with Crippen LogP contribution >= 0.6 is 23.1 Å². The van der Waals surface area contributed by atoms with Gasteiger partial charge in [-0.25, -0.2) is 0 Å². The molecule has 2 aromatic heterocycles. The normalized spacial score (nSPS) is 13.8. The number of amides is 1. The number of benzene rings is 1. The summed E-state index contributed by atoms with van der Waals surface area (Å²) in [5.41, 5.74) is 0.978. The van der Waals surface area contributed by atoms with Crippen LogP contribution in [0.2, 0.25) is 0 Å². The topological polar surface area (TPSA) is 78.3 Å². The number of fused-ring (bicyclic) bond motifs is 1. The number of hydrogen-bond donors (Lipinski definition) is 1. The van der Waals surface area contributed by atoms with Crippen molar-refractivity contribution < 1.29 is 14.3 Å². The first-order valence-electron chi connectivity index (χ1n) is 9.41. The number of carbonyl (C=O) groups excluding carboxylic acids is 1. The average Bonchev–Trinajstić information content (AvgIpc) is 3.42. The summed E-state index contributed by atoms with van der Waals surface area (Å²) in [6, 6.07) is 9.80. The third-order valence-electron chi connectivity index (χ3n) is 4.54. The number of ether oxygens (including phenoxy) is 2. The Morgan fingerprint density at radius 3 is 3.00 bits per heavy atom. The van der Waals surface area contributed by atoms with Crippen molar-refractivity contribution in [2.24, 2.45) is 0 Å². The summed E-state index contributed by atoms with van der Waals surface area (Å²) in [6.07, 6.45) is 2.64. The van der Waals surface area contributed by atoms with Gasteiger partial charge in [0.1, 0.15) is 19.5 Å². The van der Waals surface area contributed by atoms with Gasteiger partial charge in [0.25, 0.3) is 0 Å². The molecule has 0 saturated heterocycles. The summed E-state index contributed by atoms with van der Waals surface area (Å²) >= 11 is 3.14. The lowest BCUT2D eigenvalue weighted by Crippen LogP contribution is -2.28. The minimum Gasteiger partial charge on any atom is -0.486 e. The van der Waals surface area contributed by atoms with E-state index in [0.29, 0.717) is 13.2 Å². The molecule has 3 heterocycles. The van der Waals surface area contributed by atoms with Crippen LogP contribution in [0.1, 0.15) is 23.4 Å². The van der Waals surface area contributed by atoms with E-state index in [2.05, 4.69) is 33.0 Å². The Morgan fingerprint density at radius 1 is 1.31 bits per heavy atom. The molecule has 0 saturated carbocycles. The Balaban J connectivity index is 1.28. The zero-order chi connectivity index (χ0) is 20.1. The van der Waals surface area contributed by atoms with Crippen LogP contribution in [0.5, 0.6) is 11.5 Å². The molecule has 3 aromatic rings. The van der Waals surface area contributed by atoms with Gasteiger partial charge in [0.2, 0.25) is 5.91 Å². The summed E-state index contributed by atoms with van der Waals surface area (Å²) in [5, 5.41) is 14.0. The fourth-order valence-corrected chi connectivity index (χ4v) is 4.47. The Labute approximate surface area is 177 Å². The third kappa shape index (κ3) is 5.10. The molecule has 1 aliphatic heterocycles. The van der Waals surface area contributed by atoms with Gasteiger partial charge in [0, 0.05) is 11.4 Å². The molecule has 1 unspecified atom stereocenters. The van der Waals surface area contributed by atoms with E-state index in [1.807, 2.05) is 29.7 Å². The highest BCUT2D eigenvalue weighted by Gasteiger charge is 2.16. The van der Waals surface area contributed by atoms with Gasteiger partial charge < -0.3 is 19.4 Å². The molecular weight excluding hydrogens is 408 g/mol. The molecule has 1 atom stereocenters. The maximum Gasteiger partial charge on any atom is 0.230 e. The van der Waals surface area contributed by atoms with Gasteiger partial charge in [0.05, 0.1) is 11.8 Å². The minimum atomic E-state index is -0.129. The van der Waals surface area contributed by atoms with E-state index in [1.165, 1.54) is 16.6 Å². The number of thioether (sulfide) groups is 1. The van der Waals surface area contributed by atoms with Crippen molar-refractivity contribution in [1.29, 1.82) is 0 Å². The van der Waals surface area contributed by atoms with Crippen LogP contribution in [0.25, 0.3) is 0 Å². The van der Waals surface area contributed by atoms with Gasteiger partial charge >= 0.3 is 0 Å². The first kappa shape index (κ1) is 19.8. The van der Waals surface area contributed by atoms with Crippen LogP contribution in [-0.4, -0.2) is 39.6 Å². The lowest BCUT2D eigenvalue weighted by Gasteiger charge is -2.21. The van der Waals surface area contributed by atoms with E-state index < -0.39 is 0 Å². The molecule has 152 valence electrons. The SMILES string of the molecule is CC(NC(=O)CSc1nncn1CCc1cccs1)c1ccc2c(c1)OCCO2. The Morgan fingerprint density at radius 2 is 2.17 bits per heavy atom. The fourth-order valence-electron chi connectivity index (χ4n) is 3.02. The highest BCUT2D eigenvalue weighted by Crippen LogP contribution is 2.32. The lowest BCUT2D eigenvalue weighted by molar-refractivity contribution is -0.119. The highest BCUT2D eigenvalue weighted by molar-refractivity contribution is 7.99. The minimum absolute atomic E-state index is 0.0507. The maximum atomic E-state index is 12.4. The Kier molecular flexibility index (Phi) is 6.36. The van der Waals surface area contributed by atoms with Crippen molar-refractivity contribution in [3.05, 3.63) is 52.5 Å². The highest BCUT2D eigenvalue weighted by atomic mass is 32.2. The van der Waals surface area contributed by atoms with E-state index in [1.54, 1.807) is 17.7 Å². The number of carbonyl (C=O) groups is 1. The van der Waals surface area contributed by atoms with Gasteiger partial charge in [-0.05, 0) is 42.5 Å². The number of rotatable bonds is 8. The summed E-state index contributed by atoms with van der Waals surface area (Å²) in [7, 11) is 0. The van der Waals surface area contributed by atoms with Crippen molar-refractivity contribution in [2.45, 2.75) is 31.1 Å². The number of aryl methyl sites for hydroxylation is 2. The summed E-state index contributed by atoms with van der Waals surface area (Å²) in [4.78, 5) is 13.7. The lowest BCUT2D eigenvalue weighted by atomic mass is 10.1. The Bertz CT molecular complexity index is 959. The van der Waals surface area contributed by atoms with Gasteiger partial charge in [-0.1, -0.05) is 23.9 Å². The van der Waals surface area contributed by atoms with Crippen molar-refractivity contribution in [3.8, 4) is 11.5 Å². The third-order valence-corrected chi connectivity index (χ3v) is 6.45. The number of hydrogen-bond acceptors (Lipinski definition) is 7. The quantitative estimate of drug-likeness (QED) is 0.553. The second-order valence-electron chi connectivity index (χ2n) is 6.62. The molecule has 1 aliphatic rings. The monoisotopic (exact) mass is 430 g/mol. The predicted octanol–water partition coefficient (Wildman–Crippen LogP) is 3.32. The molecule has 0 fully saturated rings. The van der Waals surface area contributed by atoms with Gasteiger partial charge in [-0.2, -0.15) is 0 Å². The van der Waals surface area contributed by atoms with Gasteiger partial charge in [-0.15, -0.1) is 21.5 Å².